The highest BCUT2D eigenvalue weighted by molar-refractivity contribution is 5.83. The Balaban J connectivity index is 1.62. The van der Waals surface area contributed by atoms with E-state index in [9.17, 15) is 4.79 Å². The van der Waals surface area contributed by atoms with E-state index in [-0.39, 0.29) is 5.56 Å². The van der Waals surface area contributed by atoms with Gasteiger partial charge < -0.3 is 0 Å². The maximum absolute atomic E-state index is 12.6. The topological polar surface area (TPSA) is 80.9 Å². The SMILES string of the molecule is CCc1c(C)nc2c(-c3cnn(-c4cc5ccccc5cn4)c3)c[nH]n2c1=O. The van der Waals surface area contributed by atoms with E-state index in [1.165, 1.54) is 4.52 Å². The van der Waals surface area contributed by atoms with Crippen LogP contribution in [-0.2, 0) is 6.42 Å². The molecule has 0 saturated carbocycles. The largest absolute Gasteiger partial charge is 0.296 e. The normalized spacial score (nSPS) is 11.5. The number of aryl methyl sites for hydroxylation is 1. The number of aromatic nitrogens is 6. The summed E-state index contributed by atoms with van der Waals surface area (Å²) in [4.78, 5) is 21.8. The van der Waals surface area contributed by atoms with Crippen molar-refractivity contribution in [1.82, 2.24) is 29.4 Å². The maximum atomic E-state index is 12.6. The summed E-state index contributed by atoms with van der Waals surface area (Å²) in [5, 5.41) is 9.67. The van der Waals surface area contributed by atoms with E-state index in [4.69, 9.17) is 0 Å². The Morgan fingerprint density at radius 3 is 2.79 bits per heavy atom. The van der Waals surface area contributed by atoms with Crippen molar-refractivity contribution < 1.29 is 0 Å². The zero-order chi connectivity index (χ0) is 19.3. The lowest BCUT2D eigenvalue weighted by Gasteiger charge is -2.03. The number of hydrogen-bond donors (Lipinski definition) is 1. The van der Waals surface area contributed by atoms with Crippen molar-refractivity contribution in [1.29, 1.82) is 0 Å². The third-order valence-electron chi connectivity index (χ3n) is 5.06. The van der Waals surface area contributed by atoms with E-state index in [2.05, 4.69) is 26.2 Å². The third kappa shape index (κ3) is 2.44. The molecule has 0 aliphatic carbocycles. The summed E-state index contributed by atoms with van der Waals surface area (Å²) in [5.74, 6) is 0.736. The predicted octanol–water partition coefficient (Wildman–Crippen LogP) is 3.29. The van der Waals surface area contributed by atoms with Crippen LogP contribution in [0, 0.1) is 6.92 Å². The molecule has 138 valence electrons. The molecule has 0 spiro atoms. The van der Waals surface area contributed by atoms with Gasteiger partial charge in [-0.3, -0.25) is 9.89 Å². The molecule has 4 aromatic heterocycles. The Morgan fingerprint density at radius 1 is 1.14 bits per heavy atom. The highest BCUT2D eigenvalue weighted by Crippen LogP contribution is 2.24. The first kappa shape index (κ1) is 16.4. The Morgan fingerprint density at radius 2 is 1.96 bits per heavy atom. The lowest BCUT2D eigenvalue weighted by molar-refractivity contribution is 0.850. The van der Waals surface area contributed by atoms with E-state index in [0.29, 0.717) is 12.1 Å². The van der Waals surface area contributed by atoms with Gasteiger partial charge in [0, 0.05) is 46.4 Å². The maximum Gasteiger partial charge on any atom is 0.276 e. The van der Waals surface area contributed by atoms with Crippen molar-refractivity contribution in [2.75, 3.05) is 0 Å². The second-order valence-corrected chi connectivity index (χ2v) is 6.74. The molecular weight excluding hydrogens is 352 g/mol. The van der Waals surface area contributed by atoms with E-state index in [1.807, 2.05) is 50.5 Å². The van der Waals surface area contributed by atoms with Gasteiger partial charge in [-0.2, -0.15) is 5.10 Å². The summed E-state index contributed by atoms with van der Waals surface area (Å²) in [7, 11) is 0. The number of pyridine rings is 1. The van der Waals surface area contributed by atoms with E-state index >= 15 is 0 Å². The van der Waals surface area contributed by atoms with Gasteiger partial charge in [0.05, 0.1) is 6.20 Å². The summed E-state index contributed by atoms with van der Waals surface area (Å²) >= 11 is 0. The fourth-order valence-electron chi connectivity index (χ4n) is 3.56. The summed E-state index contributed by atoms with van der Waals surface area (Å²) < 4.78 is 3.23. The molecule has 0 amide bonds. The molecule has 0 aliphatic rings. The first-order chi connectivity index (χ1) is 13.7. The molecule has 0 unspecified atom stereocenters. The van der Waals surface area contributed by atoms with Crippen molar-refractivity contribution in [3.63, 3.8) is 0 Å². The van der Waals surface area contributed by atoms with Gasteiger partial charge in [-0.1, -0.05) is 31.2 Å². The number of fused-ring (bicyclic) bond motifs is 2. The monoisotopic (exact) mass is 370 g/mol. The zero-order valence-corrected chi connectivity index (χ0v) is 15.5. The van der Waals surface area contributed by atoms with Gasteiger partial charge in [0.2, 0.25) is 0 Å². The Labute approximate surface area is 160 Å². The number of rotatable bonds is 3. The van der Waals surface area contributed by atoms with Crippen LogP contribution in [0.1, 0.15) is 18.2 Å². The first-order valence-electron chi connectivity index (χ1n) is 9.15. The van der Waals surface area contributed by atoms with Gasteiger partial charge in [0.15, 0.2) is 11.5 Å². The molecule has 0 radical (unpaired) electrons. The fraction of sp³-hybridized carbons (Fsp3) is 0.143. The van der Waals surface area contributed by atoms with Gasteiger partial charge in [-0.25, -0.2) is 19.2 Å². The molecule has 1 aromatic carbocycles. The lowest BCUT2D eigenvalue weighted by Crippen LogP contribution is -2.21. The Kier molecular flexibility index (Phi) is 3.61. The second-order valence-electron chi connectivity index (χ2n) is 6.74. The molecule has 28 heavy (non-hydrogen) atoms. The van der Waals surface area contributed by atoms with Crippen LogP contribution in [0.4, 0.5) is 0 Å². The minimum Gasteiger partial charge on any atom is -0.296 e. The summed E-state index contributed by atoms with van der Waals surface area (Å²) in [6.45, 7) is 3.84. The molecule has 0 saturated heterocycles. The molecular formula is C21H18N6O. The highest BCUT2D eigenvalue weighted by Gasteiger charge is 2.15. The van der Waals surface area contributed by atoms with Crippen molar-refractivity contribution in [2.24, 2.45) is 0 Å². The van der Waals surface area contributed by atoms with Crippen molar-refractivity contribution in [3.05, 3.63) is 76.7 Å². The van der Waals surface area contributed by atoms with Crippen LogP contribution in [0.3, 0.4) is 0 Å². The Bertz CT molecular complexity index is 1390. The van der Waals surface area contributed by atoms with Crippen LogP contribution in [0.2, 0.25) is 0 Å². The van der Waals surface area contributed by atoms with Crippen LogP contribution in [-0.4, -0.2) is 29.4 Å². The molecule has 0 atom stereocenters. The van der Waals surface area contributed by atoms with Crippen molar-refractivity contribution in [2.45, 2.75) is 20.3 Å². The highest BCUT2D eigenvalue weighted by atomic mass is 16.1. The molecule has 4 heterocycles. The van der Waals surface area contributed by atoms with Crippen LogP contribution in [0.25, 0.3) is 33.4 Å². The van der Waals surface area contributed by atoms with E-state index < -0.39 is 0 Å². The number of hydrogen-bond acceptors (Lipinski definition) is 4. The van der Waals surface area contributed by atoms with Gasteiger partial charge in [0.25, 0.3) is 5.56 Å². The number of aromatic amines is 1. The van der Waals surface area contributed by atoms with Crippen LogP contribution in [0.15, 0.2) is 59.9 Å². The molecule has 7 heteroatoms. The van der Waals surface area contributed by atoms with E-state index in [0.717, 1.165) is 39.0 Å². The van der Waals surface area contributed by atoms with Crippen molar-refractivity contribution in [3.8, 4) is 16.9 Å². The van der Waals surface area contributed by atoms with E-state index in [1.54, 1.807) is 17.1 Å². The first-order valence-corrected chi connectivity index (χ1v) is 9.15. The predicted molar refractivity (Wildman–Crippen MR) is 108 cm³/mol. The molecule has 0 bridgehead atoms. The lowest BCUT2D eigenvalue weighted by atomic mass is 10.1. The number of nitrogens with one attached hydrogen (secondary N) is 1. The second kappa shape index (κ2) is 6.16. The molecule has 5 aromatic rings. The van der Waals surface area contributed by atoms with Crippen LogP contribution in [0.5, 0.6) is 0 Å². The minimum absolute atomic E-state index is 0.0557. The average molecular weight is 370 g/mol. The van der Waals surface area contributed by atoms with Gasteiger partial charge >= 0.3 is 0 Å². The summed E-state index contributed by atoms with van der Waals surface area (Å²) in [6, 6.07) is 10.1. The van der Waals surface area contributed by atoms with Gasteiger partial charge in [-0.05, 0) is 24.8 Å². The molecule has 5 rings (SSSR count). The fourth-order valence-corrected chi connectivity index (χ4v) is 3.56. The molecule has 0 fully saturated rings. The van der Waals surface area contributed by atoms with Crippen LogP contribution >= 0.6 is 0 Å². The summed E-state index contributed by atoms with van der Waals surface area (Å²) in [6.07, 6.45) is 7.94. The number of H-pyrrole nitrogens is 1. The Hall–Kier alpha value is -3.74. The standard InChI is InChI=1S/C21H18N6O/c1-3-17-13(2)25-20-18(11-24-27(20)21(17)28)16-10-23-26(12-16)19-8-14-6-4-5-7-15(14)9-22-19/h4-12,24H,3H2,1-2H3. The van der Waals surface area contributed by atoms with Crippen LogP contribution < -0.4 is 5.56 Å². The molecule has 1 N–H and O–H groups in total. The van der Waals surface area contributed by atoms with Gasteiger partial charge in [-0.15, -0.1) is 0 Å². The average Bonchev–Trinajstić information content (AvgIpc) is 3.35. The van der Waals surface area contributed by atoms with Gasteiger partial charge in [0.1, 0.15) is 0 Å². The molecule has 7 nitrogen and oxygen atoms in total. The summed E-state index contributed by atoms with van der Waals surface area (Å²) in [5.41, 5.74) is 3.73. The minimum atomic E-state index is -0.0557. The number of nitrogens with zero attached hydrogens (tertiary/aromatic N) is 5. The third-order valence-corrected chi connectivity index (χ3v) is 5.06. The number of benzene rings is 1. The van der Waals surface area contributed by atoms with Crippen molar-refractivity contribution >= 4 is 16.4 Å². The molecule has 0 aliphatic heterocycles. The quantitative estimate of drug-likeness (QED) is 0.528. The zero-order valence-electron chi connectivity index (χ0n) is 15.5. The smallest absolute Gasteiger partial charge is 0.276 e.